The number of hydrogen-bond acceptors (Lipinski definition) is 4. The second-order valence-electron chi connectivity index (χ2n) is 4.93. The van der Waals surface area contributed by atoms with Crippen LogP contribution < -0.4 is 5.32 Å². The number of unbranched alkanes of at least 4 members (excludes halogenated alkanes) is 1. The Labute approximate surface area is 124 Å². The number of nitrogens with zero attached hydrogens (tertiary/aromatic N) is 1. The van der Waals surface area contributed by atoms with Gasteiger partial charge in [-0.1, -0.05) is 11.6 Å². The average Bonchev–Trinajstić information content (AvgIpc) is 2.36. The maximum atomic E-state index is 10.8. The molecule has 1 N–H and O–H groups in total. The number of ether oxygens (including phenoxy) is 1. The van der Waals surface area contributed by atoms with Gasteiger partial charge in [0.05, 0.1) is 11.0 Å². The second kappa shape index (κ2) is 8.07. The Bertz CT molecular complexity index is 464. The summed E-state index contributed by atoms with van der Waals surface area (Å²) in [7, 11) is 0. The summed E-state index contributed by atoms with van der Waals surface area (Å²) >= 11 is 5.89. The first-order chi connectivity index (χ1) is 9.41. The molecule has 0 saturated carbocycles. The molecule has 1 aromatic rings. The van der Waals surface area contributed by atoms with Gasteiger partial charge in [-0.3, -0.25) is 10.1 Å². The molecule has 0 aliphatic rings. The Balaban J connectivity index is 2.45. The Hall–Kier alpha value is -1.33. The van der Waals surface area contributed by atoms with Gasteiger partial charge in [0.25, 0.3) is 5.69 Å². The van der Waals surface area contributed by atoms with E-state index in [2.05, 4.69) is 5.32 Å². The van der Waals surface area contributed by atoms with Crippen LogP contribution in [0, 0.1) is 17.0 Å². The van der Waals surface area contributed by atoms with E-state index in [1.54, 1.807) is 6.07 Å². The summed E-state index contributed by atoms with van der Waals surface area (Å²) < 4.78 is 5.46. The zero-order valence-corrected chi connectivity index (χ0v) is 12.9. The van der Waals surface area contributed by atoms with Crippen LogP contribution in [0.3, 0.4) is 0 Å². The normalized spacial score (nSPS) is 10.8. The molecule has 0 aliphatic heterocycles. The Kier molecular flexibility index (Phi) is 6.75. The van der Waals surface area contributed by atoms with E-state index in [0.29, 0.717) is 0 Å². The van der Waals surface area contributed by atoms with Gasteiger partial charge in [0, 0.05) is 24.9 Å². The highest BCUT2D eigenvalue weighted by atomic mass is 35.5. The fourth-order valence-corrected chi connectivity index (χ4v) is 2.00. The zero-order chi connectivity index (χ0) is 15.1. The predicted octanol–water partition coefficient (Wildman–Crippen LogP) is 4.17. The molecule has 0 saturated heterocycles. The molecule has 0 radical (unpaired) electrons. The van der Waals surface area contributed by atoms with Crippen LogP contribution in [0.25, 0.3) is 0 Å². The summed E-state index contributed by atoms with van der Waals surface area (Å²) in [5, 5.41) is 14.2. The largest absolute Gasteiger partial charge is 0.385 e. The zero-order valence-electron chi connectivity index (χ0n) is 12.1. The molecular weight excluding hydrogens is 280 g/mol. The van der Waals surface area contributed by atoms with Gasteiger partial charge in [0.1, 0.15) is 5.02 Å². The van der Waals surface area contributed by atoms with Crippen molar-refractivity contribution in [2.24, 2.45) is 0 Å². The van der Waals surface area contributed by atoms with Crippen molar-refractivity contribution in [3.05, 3.63) is 32.8 Å². The molecule has 20 heavy (non-hydrogen) atoms. The van der Waals surface area contributed by atoms with Crippen molar-refractivity contribution in [3.63, 3.8) is 0 Å². The van der Waals surface area contributed by atoms with Crippen LogP contribution in [0.4, 0.5) is 11.4 Å². The van der Waals surface area contributed by atoms with Crippen LogP contribution in [0.5, 0.6) is 0 Å². The minimum atomic E-state index is -0.470. The van der Waals surface area contributed by atoms with Crippen molar-refractivity contribution in [3.8, 4) is 0 Å². The molecule has 1 aromatic carbocycles. The third kappa shape index (κ3) is 5.35. The standard InChI is InChI=1S/C14H21ClN2O3/c1-10(2)20-7-5-4-6-16-13-9-12(15)14(17(18)19)8-11(13)3/h8-10,16H,4-7H2,1-3H3. The lowest BCUT2D eigenvalue weighted by molar-refractivity contribution is -0.384. The maximum Gasteiger partial charge on any atom is 0.288 e. The first kappa shape index (κ1) is 16.7. The van der Waals surface area contributed by atoms with Gasteiger partial charge in [0.15, 0.2) is 0 Å². The lowest BCUT2D eigenvalue weighted by Crippen LogP contribution is -2.07. The fraction of sp³-hybridized carbons (Fsp3) is 0.571. The minimum absolute atomic E-state index is 0.0555. The molecule has 0 amide bonds. The monoisotopic (exact) mass is 300 g/mol. The first-order valence-electron chi connectivity index (χ1n) is 6.72. The van der Waals surface area contributed by atoms with E-state index in [0.717, 1.165) is 37.2 Å². The van der Waals surface area contributed by atoms with Crippen LogP contribution in [0.15, 0.2) is 12.1 Å². The van der Waals surface area contributed by atoms with E-state index in [1.807, 2.05) is 20.8 Å². The molecule has 0 fully saturated rings. The average molecular weight is 301 g/mol. The number of nitro benzene ring substituents is 1. The van der Waals surface area contributed by atoms with Crippen molar-refractivity contribution in [2.75, 3.05) is 18.5 Å². The quantitative estimate of drug-likeness (QED) is 0.444. The molecule has 0 spiro atoms. The van der Waals surface area contributed by atoms with E-state index in [-0.39, 0.29) is 16.8 Å². The lowest BCUT2D eigenvalue weighted by Gasteiger charge is -2.11. The summed E-state index contributed by atoms with van der Waals surface area (Å²) in [5.41, 5.74) is 1.60. The molecule has 112 valence electrons. The topological polar surface area (TPSA) is 64.4 Å². The van der Waals surface area contributed by atoms with Gasteiger partial charge < -0.3 is 10.1 Å². The van der Waals surface area contributed by atoms with E-state index >= 15 is 0 Å². The Morgan fingerprint density at radius 1 is 1.40 bits per heavy atom. The number of halogens is 1. The fourth-order valence-electron chi connectivity index (χ4n) is 1.77. The highest BCUT2D eigenvalue weighted by Gasteiger charge is 2.14. The van der Waals surface area contributed by atoms with Crippen molar-refractivity contribution in [1.82, 2.24) is 0 Å². The van der Waals surface area contributed by atoms with E-state index in [4.69, 9.17) is 16.3 Å². The summed E-state index contributed by atoms with van der Waals surface area (Å²) in [6.45, 7) is 7.39. The van der Waals surface area contributed by atoms with E-state index < -0.39 is 4.92 Å². The summed E-state index contributed by atoms with van der Waals surface area (Å²) in [6, 6.07) is 3.10. The molecule has 1 rings (SSSR count). The van der Waals surface area contributed by atoms with Crippen molar-refractivity contribution >= 4 is 23.0 Å². The highest BCUT2D eigenvalue weighted by Crippen LogP contribution is 2.30. The Morgan fingerprint density at radius 2 is 2.10 bits per heavy atom. The van der Waals surface area contributed by atoms with E-state index in [1.165, 1.54) is 6.07 Å². The van der Waals surface area contributed by atoms with Crippen LogP contribution in [0.2, 0.25) is 5.02 Å². The Morgan fingerprint density at radius 3 is 2.70 bits per heavy atom. The van der Waals surface area contributed by atoms with Crippen LogP contribution in [-0.4, -0.2) is 24.2 Å². The number of nitrogens with one attached hydrogen (secondary N) is 1. The summed E-state index contributed by atoms with van der Waals surface area (Å²) in [5.74, 6) is 0. The molecule has 0 atom stereocenters. The van der Waals surface area contributed by atoms with Crippen molar-refractivity contribution in [2.45, 2.75) is 39.7 Å². The van der Waals surface area contributed by atoms with Gasteiger partial charge in [-0.2, -0.15) is 0 Å². The van der Waals surface area contributed by atoms with Crippen molar-refractivity contribution in [1.29, 1.82) is 0 Å². The number of nitro groups is 1. The third-order valence-corrected chi connectivity index (χ3v) is 3.13. The highest BCUT2D eigenvalue weighted by molar-refractivity contribution is 6.33. The second-order valence-corrected chi connectivity index (χ2v) is 5.34. The number of aryl methyl sites for hydroxylation is 1. The number of benzene rings is 1. The number of rotatable bonds is 8. The molecule has 0 aliphatic carbocycles. The molecule has 6 heteroatoms. The first-order valence-corrected chi connectivity index (χ1v) is 7.09. The number of anilines is 1. The molecule has 0 aromatic heterocycles. The van der Waals surface area contributed by atoms with Gasteiger partial charge in [-0.15, -0.1) is 0 Å². The van der Waals surface area contributed by atoms with E-state index in [9.17, 15) is 10.1 Å². The SMILES string of the molecule is Cc1cc([N+](=O)[O-])c(Cl)cc1NCCCCOC(C)C. The molecule has 0 heterocycles. The van der Waals surface area contributed by atoms with Gasteiger partial charge >= 0.3 is 0 Å². The number of hydrogen-bond donors (Lipinski definition) is 1. The third-order valence-electron chi connectivity index (χ3n) is 2.83. The predicted molar refractivity (Wildman–Crippen MR) is 81.7 cm³/mol. The molecule has 0 unspecified atom stereocenters. The van der Waals surface area contributed by atoms with Gasteiger partial charge in [0.2, 0.25) is 0 Å². The smallest absolute Gasteiger partial charge is 0.288 e. The molecular formula is C14H21ClN2O3. The van der Waals surface area contributed by atoms with Gasteiger partial charge in [-0.25, -0.2) is 0 Å². The van der Waals surface area contributed by atoms with Crippen LogP contribution in [0.1, 0.15) is 32.3 Å². The molecule has 0 bridgehead atoms. The summed E-state index contributed by atoms with van der Waals surface area (Å²) in [6.07, 6.45) is 2.21. The minimum Gasteiger partial charge on any atom is -0.385 e. The van der Waals surface area contributed by atoms with Gasteiger partial charge in [-0.05, 0) is 45.2 Å². The summed E-state index contributed by atoms with van der Waals surface area (Å²) in [4.78, 5) is 10.3. The maximum absolute atomic E-state index is 10.8. The van der Waals surface area contributed by atoms with Crippen LogP contribution in [-0.2, 0) is 4.74 Å². The molecule has 5 nitrogen and oxygen atoms in total. The van der Waals surface area contributed by atoms with Crippen LogP contribution >= 0.6 is 11.6 Å². The van der Waals surface area contributed by atoms with Crippen molar-refractivity contribution < 1.29 is 9.66 Å². The lowest BCUT2D eigenvalue weighted by atomic mass is 10.1.